The van der Waals surface area contributed by atoms with Crippen molar-refractivity contribution in [3.8, 4) is 11.6 Å². The van der Waals surface area contributed by atoms with Gasteiger partial charge in [-0.2, -0.15) is 4.98 Å². The topological polar surface area (TPSA) is 74.2 Å². The van der Waals surface area contributed by atoms with Gasteiger partial charge in [-0.3, -0.25) is 0 Å². The average Bonchev–Trinajstić information content (AvgIpc) is 2.29. The maximum atomic E-state index is 12.9. The summed E-state index contributed by atoms with van der Waals surface area (Å²) in [7, 11) is 0. The fourth-order valence-electron chi connectivity index (χ4n) is 1.18. The lowest BCUT2D eigenvalue weighted by molar-refractivity contribution is 0.462. The van der Waals surface area contributed by atoms with Crippen LogP contribution in [-0.2, 0) is 0 Å². The summed E-state index contributed by atoms with van der Waals surface area (Å²) >= 11 is 5.62. The monoisotopic (exact) mass is 253 g/mol. The van der Waals surface area contributed by atoms with Crippen LogP contribution in [0.5, 0.6) is 11.6 Å². The van der Waals surface area contributed by atoms with Crippen molar-refractivity contribution in [3.63, 3.8) is 0 Å². The van der Waals surface area contributed by atoms with Gasteiger partial charge in [-0.05, 0) is 18.2 Å². The number of ether oxygens (including phenoxy) is 1. The van der Waals surface area contributed by atoms with Gasteiger partial charge in [0.15, 0.2) is 5.82 Å². The Morgan fingerprint density at radius 3 is 2.59 bits per heavy atom. The van der Waals surface area contributed by atoms with Crippen molar-refractivity contribution in [1.82, 2.24) is 4.98 Å². The maximum absolute atomic E-state index is 12.9. The molecule has 4 nitrogen and oxygen atoms in total. The average molecular weight is 254 g/mol. The summed E-state index contributed by atoms with van der Waals surface area (Å²) in [5, 5.41) is -0.0223. The number of nitrogen functional groups attached to an aromatic ring is 2. The molecule has 0 unspecified atom stereocenters. The third kappa shape index (κ3) is 2.57. The Balaban J connectivity index is 2.25. The summed E-state index contributed by atoms with van der Waals surface area (Å²) in [5.74, 6) is 0.298. The highest BCUT2D eigenvalue weighted by Crippen LogP contribution is 2.26. The van der Waals surface area contributed by atoms with Crippen LogP contribution in [0.25, 0.3) is 0 Å². The zero-order valence-corrected chi connectivity index (χ0v) is 9.41. The summed E-state index contributed by atoms with van der Waals surface area (Å²) in [6.07, 6.45) is 0. The molecule has 88 valence electrons. The van der Waals surface area contributed by atoms with Crippen molar-refractivity contribution in [2.45, 2.75) is 0 Å². The van der Waals surface area contributed by atoms with E-state index in [4.69, 9.17) is 27.8 Å². The first-order valence-electron chi connectivity index (χ1n) is 4.71. The van der Waals surface area contributed by atoms with Gasteiger partial charge >= 0.3 is 0 Å². The smallest absolute Gasteiger partial charge is 0.221 e. The van der Waals surface area contributed by atoms with Gasteiger partial charge in [-0.25, -0.2) is 4.39 Å². The molecule has 6 heteroatoms. The van der Waals surface area contributed by atoms with Crippen LogP contribution in [0.15, 0.2) is 30.3 Å². The van der Waals surface area contributed by atoms with Gasteiger partial charge in [-0.1, -0.05) is 11.6 Å². The second-order valence-corrected chi connectivity index (χ2v) is 3.71. The molecular weight excluding hydrogens is 245 g/mol. The Kier molecular flexibility index (Phi) is 3.01. The van der Waals surface area contributed by atoms with Crippen molar-refractivity contribution < 1.29 is 9.13 Å². The van der Waals surface area contributed by atoms with Gasteiger partial charge < -0.3 is 16.2 Å². The van der Waals surface area contributed by atoms with Crippen molar-refractivity contribution >= 4 is 23.1 Å². The highest BCUT2D eigenvalue weighted by Gasteiger charge is 2.05. The quantitative estimate of drug-likeness (QED) is 0.863. The van der Waals surface area contributed by atoms with Crippen molar-refractivity contribution in [3.05, 3.63) is 41.2 Å². The van der Waals surface area contributed by atoms with E-state index in [0.717, 1.165) is 0 Å². The van der Waals surface area contributed by atoms with E-state index >= 15 is 0 Å². The van der Waals surface area contributed by atoms with Gasteiger partial charge in [0, 0.05) is 12.1 Å². The molecule has 0 bridgehead atoms. The number of benzene rings is 1. The second kappa shape index (κ2) is 4.47. The van der Waals surface area contributed by atoms with E-state index in [0.29, 0.717) is 11.4 Å². The van der Waals surface area contributed by atoms with Crippen LogP contribution in [-0.4, -0.2) is 4.98 Å². The standard InChI is InChI=1S/C11H9ClFN3O/c12-7-5-6(1-2-8(7)13)17-10-4-3-9(14)11(15)16-10/h1-5H,14H2,(H2,15,16). The first-order valence-corrected chi connectivity index (χ1v) is 5.09. The van der Waals surface area contributed by atoms with Crippen LogP contribution in [0.4, 0.5) is 15.9 Å². The van der Waals surface area contributed by atoms with Gasteiger partial charge in [0.25, 0.3) is 0 Å². The largest absolute Gasteiger partial charge is 0.439 e. The molecule has 4 N–H and O–H groups in total. The van der Waals surface area contributed by atoms with Crippen molar-refractivity contribution in [1.29, 1.82) is 0 Å². The number of rotatable bonds is 2. The summed E-state index contributed by atoms with van der Waals surface area (Å²) in [5.41, 5.74) is 11.4. The molecule has 17 heavy (non-hydrogen) atoms. The lowest BCUT2D eigenvalue weighted by Gasteiger charge is -2.06. The van der Waals surface area contributed by atoms with Crippen LogP contribution < -0.4 is 16.2 Å². The van der Waals surface area contributed by atoms with Crippen LogP contribution >= 0.6 is 11.6 Å². The number of hydrogen-bond acceptors (Lipinski definition) is 4. The third-order valence-corrected chi connectivity index (χ3v) is 2.34. The molecule has 0 saturated carbocycles. The SMILES string of the molecule is Nc1ccc(Oc2ccc(F)c(Cl)c2)nc1N. The fourth-order valence-corrected chi connectivity index (χ4v) is 1.36. The minimum atomic E-state index is -0.510. The Morgan fingerprint density at radius 2 is 1.94 bits per heavy atom. The normalized spacial score (nSPS) is 10.2. The third-order valence-electron chi connectivity index (χ3n) is 2.05. The van der Waals surface area contributed by atoms with E-state index < -0.39 is 5.82 Å². The van der Waals surface area contributed by atoms with Gasteiger partial charge in [-0.15, -0.1) is 0 Å². The summed E-state index contributed by atoms with van der Waals surface area (Å²) in [6.45, 7) is 0. The summed E-state index contributed by atoms with van der Waals surface area (Å²) < 4.78 is 18.3. The van der Waals surface area contributed by atoms with E-state index in [2.05, 4.69) is 4.98 Å². The highest BCUT2D eigenvalue weighted by molar-refractivity contribution is 6.30. The number of hydrogen-bond donors (Lipinski definition) is 2. The Labute approximate surface area is 102 Å². The van der Waals surface area contributed by atoms with Gasteiger partial charge in [0.05, 0.1) is 10.7 Å². The Hall–Kier alpha value is -2.01. The predicted molar refractivity (Wildman–Crippen MR) is 64.5 cm³/mol. The first-order chi connectivity index (χ1) is 8.06. The maximum Gasteiger partial charge on any atom is 0.221 e. The van der Waals surface area contributed by atoms with E-state index in [-0.39, 0.29) is 16.7 Å². The summed E-state index contributed by atoms with van der Waals surface area (Å²) in [6, 6.07) is 7.13. The molecule has 0 saturated heterocycles. The number of nitrogens with two attached hydrogens (primary N) is 2. The van der Waals surface area contributed by atoms with Crippen LogP contribution in [0.2, 0.25) is 5.02 Å². The first kappa shape index (κ1) is 11.5. The molecule has 0 aliphatic rings. The molecule has 1 aromatic carbocycles. The highest BCUT2D eigenvalue weighted by atomic mass is 35.5. The molecule has 0 amide bonds. The van der Waals surface area contributed by atoms with Crippen LogP contribution in [0, 0.1) is 5.82 Å². The molecule has 1 heterocycles. The Morgan fingerprint density at radius 1 is 1.18 bits per heavy atom. The van der Waals surface area contributed by atoms with Gasteiger partial charge in [0.2, 0.25) is 5.88 Å². The van der Waals surface area contributed by atoms with Crippen molar-refractivity contribution in [2.24, 2.45) is 0 Å². The van der Waals surface area contributed by atoms with E-state index in [1.54, 1.807) is 12.1 Å². The second-order valence-electron chi connectivity index (χ2n) is 3.30. The minimum absolute atomic E-state index is 0.0223. The zero-order valence-electron chi connectivity index (χ0n) is 8.65. The lowest BCUT2D eigenvalue weighted by Crippen LogP contribution is -1.98. The minimum Gasteiger partial charge on any atom is -0.439 e. The van der Waals surface area contributed by atoms with E-state index in [1.165, 1.54) is 18.2 Å². The number of pyridine rings is 1. The van der Waals surface area contributed by atoms with E-state index in [9.17, 15) is 4.39 Å². The molecule has 0 aliphatic carbocycles. The number of nitrogens with zero attached hydrogens (tertiary/aromatic N) is 1. The molecule has 0 aliphatic heterocycles. The molecule has 2 aromatic rings. The van der Waals surface area contributed by atoms with Gasteiger partial charge in [0.1, 0.15) is 11.6 Å². The molecule has 0 fully saturated rings. The fraction of sp³-hybridized carbons (Fsp3) is 0. The molecule has 0 radical (unpaired) electrons. The molecule has 2 rings (SSSR count). The molecule has 1 aromatic heterocycles. The van der Waals surface area contributed by atoms with Crippen LogP contribution in [0.3, 0.4) is 0 Å². The molecule has 0 atom stereocenters. The predicted octanol–water partition coefficient (Wildman–Crippen LogP) is 2.83. The zero-order chi connectivity index (χ0) is 12.4. The van der Waals surface area contributed by atoms with Crippen LogP contribution in [0.1, 0.15) is 0 Å². The molecule has 0 spiro atoms. The number of anilines is 2. The Bertz CT molecular complexity index is 513. The number of halogens is 2. The van der Waals surface area contributed by atoms with Crippen molar-refractivity contribution in [2.75, 3.05) is 11.5 Å². The van der Waals surface area contributed by atoms with E-state index in [1.807, 2.05) is 0 Å². The number of aromatic nitrogens is 1. The summed E-state index contributed by atoms with van der Waals surface area (Å²) in [4.78, 5) is 3.91. The molecular formula is C11H9ClFN3O. The lowest BCUT2D eigenvalue weighted by atomic mass is 10.3.